The third-order valence-electron chi connectivity index (χ3n) is 5.28. The average Bonchev–Trinajstić information content (AvgIpc) is 2.27. The van der Waals surface area contributed by atoms with Crippen molar-refractivity contribution in [1.29, 1.82) is 0 Å². The molecular weight excluding hydrogens is 232 g/mol. The maximum absolute atomic E-state index is 3.48. The van der Waals surface area contributed by atoms with Crippen molar-refractivity contribution in [2.75, 3.05) is 33.2 Å². The van der Waals surface area contributed by atoms with Crippen molar-refractivity contribution >= 4 is 0 Å². The van der Waals surface area contributed by atoms with E-state index in [0.717, 1.165) is 5.92 Å². The fourth-order valence-electron chi connectivity index (χ4n) is 4.66. The molecule has 2 aliphatic rings. The van der Waals surface area contributed by atoms with Crippen LogP contribution in [0.2, 0.25) is 0 Å². The van der Waals surface area contributed by atoms with Gasteiger partial charge in [-0.05, 0) is 56.0 Å². The summed E-state index contributed by atoms with van der Waals surface area (Å²) in [5.41, 5.74) is 1.07. The van der Waals surface area contributed by atoms with Crippen molar-refractivity contribution in [2.45, 2.75) is 59.3 Å². The molecule has 2 unspecified atom stereocenters. The Balaban J connectivity index is 1.99. The average molecular weight is 266 g/mol. The van der Waals surface area contributed by atoms with E-state index >= 15 is 0 Å². The number of nitrogens with zero attached hydrogens (tertiary/aromatic N) is 1. The second kappa shape index (κ2) is 6.13. The summed E-state index contributed by atoms with van der Waals surface area (Å²) in [6.45, 7) is 12.5. The molecule has 0 aromatic rings. The van der Waals surface area contributed by atoms with E-state index in [1.165, 1.54) is 64.7 Å². The molecule has 1 aliphatic carbocycles. The lowest BCUT2D eigenvalue weighted by atomic mass is 9.69. The molecule has 0 amide bonds. The summed E-state index contributed by atoms with van der Waals surface area (Å²) in [5, 5.41) is 3.48. The minimum absolute atomic E-state index is 0.527. The summed E-state index contributed by atoms with van der Waals surface area (Å²) in [5.74, 6) is 0.917. The quantitative estimate of drug-likeness (QED) is 0.837. The molecule has 2 rings (SSSR count). The highest BCUT2D eigenvalue weighted by Crippen LogP contribution is 2.41. The molecule has 1 saturated heterocycles. The van der Waals surface area contributed by atoms with E-state index in [9.17, 15) is 0 Å². The number of hydrogen-bond donors (Lipinski definition) is 1. The maximum atomic E-state index is 3.48. The minimum atomic E-state index is 0.527. The van der Waals surface area contributed by atoms with Gasteiger partial charge >= 0.3 is 0 Å². The molecular formula is C17H34N2. The van der Waals surface area contributed by atoms with Crippen LogP contribution in [0.15, 0.2) is 0 Å². The predicted molar refractivity (Wildman–Crippen MR) is 83.4 cm³/mol. The van der Waals surface area contributed by atoms with E-state index in [1.807, 2.05) is 0 Å². The Hall–Kier alpha value is -0.0800. The summed E-state index contributed by atoms with van der Waals surface area (Å²) in [7, 11) is 2.13. The second-order valence-corrected chi connectivity index (χ2v) is 8.21. The van der Waals surface area contributed by atoms with Gasteiger partial charge in [0.05, 0.1) is 0 Å². The lowest BCUT2D eigenvalue weighted by molar-refractivity contribution is 0.0385. The molecule has 2 nitrogen and oxygen atoms in total. The Morgan fingerprint density at radius 3 is 2.63 bits per heavy atom. The van der Waals surface area contributed by atoms with E-state index < -0.39 is 0 Å². The van der Waals surface area contributed by atoms with Crippen LogP contribution in [0.4, 0.5) is 0 Å². The zero-order valence-corrected chi connectivity index (χ0v) is 13.6. The van der Waals surface area contributed by atoms with Gasteiger partial charge in [0.1, 0.15) is 0 Å². The van der Waals surface area contributed by atoms with E-state index in [0.29, 0.717) is 10.8 Å². The van der Waals surface area contributed by atoms with Gasteiger partial charge in [0.25, 0.3) is 0 Å². The summed E-state index contributed by atoms with van der Waals surface area (Å²) < 4.78 is 0. The Kier molecular flexibility index (Phi) is 4.94. The standard InChI is InChI=1S/C17H34N2/c1-15-7-5-9-17(11-15,12-18-4)14-19-10-6-8-16(2,3)13-19/h15,18H,5-14H2,1-4H3. The fourth-order valence-corrected chi connectivity index (χ4v) is 4.66. The Labute approximate surface area is 120 Å². The molecule has 1 saturated carbocycles. The first-order chi connectivity index (χ1) is 8.95. The molecule has 0 spiro atoms. The fraction of sp³-hybridized carbons (Fsp3) is 1.00. The van der Waals surface area contributed by atoms with Crippen molar-refractivity contribution in [3.63, 3.8) is 0 Å². The molecule has 1 N–H and O–H groups in total. The number of piperidine rings is 1. The minimum Gasteiger partial charge on any atom is -0.319 e. The largest absolute Gasteiger partial charge is 0.319 e. The van der Waals surface area contributed by atoms with Gasteiger partial charge in [0.15, 0.2) is 0 Å². The van der Waals surface area contributed by atoms with Crippen LogP contribution in [-0.4, -0.2) is 38.1 Å². The Morgan fingerprint density at radius 2 is 2.00 bits per heavy atom. The lowest BCUT2D eigenvalue weighted by Crippen LogP contribution is -2.50. The van der Waals surface area contributed by atoms with Gasteiger partial charge in [-0.25, -0.2) is 0 Å². The Morgan fingerprint density at radius 1 is 1.21 bits per heavy atom. The van der Waals surface area contributed by atoms with Crippen molar-refractivity contribution < 1.29 is 0 Å². The van der Waals surface area contributed by atoms with Gasteiger partial charge in [-0.3, -0.25) is 0 Å². The molecule has 0 aromatic heterocycles. The van der Waals surface area contributed by atoms with E-state index in [2.05, 4.69) is 38.0 Å². The normalized spacial score (nSPS) is 36.3. The molecule has 2 fully saturated rings. The number of rotatable bonds is 4. The number of likely N-dealkylation sites (tertiary alicyclic amines) is 1. The van der Waals surface area contributed by atoms with Crippen molar-refractivity contribution in [3.8, 4) is 0 Å². The summed E-state index contributed by atoms with van der Waals surface area (Å²) in [4.78, 5) is 2.76. The van der Waals surface area contributed by atoms with Crippen molar-refractivity contribution in [1.82, 2.24) is 10.2 Å². The molecule has 0 radical (unpaired) electrons. The molecule has 0 aromatic carbocycles. The van der Waals surface area contributed by atoms with Gasteiger partial charge < -0.3 is 10.2 Å². The molecule has 1 aliphatic heterocycles. The smallest absolute Gasteiger partial charge is 0.00505 e. The summed E-state index contributed by atoms with van der Waals surface area (Å²) in [6.07, 6.45) is 8.51. The van der Waals surface area contributed by atoms with Crippen LogP contribution in [-0.2, 0) is 0 Å². The van der Waals surface area contributed by atoms with Gasteiger partial charge in [-0.15, -0.1) is 0 Å². The molecule has 19 heavy (non-hydrogen) atoms. The van der Waals surface area contributed by atoms with Crippen molar-refractivity contribution in [3.05, 3.63) is 0 Å². The number of nitrogens with one attached hydrogen (secondary N) is 1. The van der Waals surface area contributed by atoms with Crippen LogP contribution in [0, 0.1) is 16.7 Å². The van der Waals surface area contributed by atoms with Crippen molar-refractivity contribution in [2.24, 2.45) is 16.7 Å². The highest BCUT2D eigenvalue weighted by molar-refractivity contribution is 4.91. The first kappa shape index (κ1) is 15.3. The first-order valence-corrected chi connectivity index (χ1v) is 8.32. The summed E-state index contributed by atoms with van der Waals surface area (Å²) in [6, 6.07) is 0. The van der Waals surface area contributed by atoms with Crippen LogP contribution in [0.25, 0.3) is 0 Å². The molecule has 2 atom stereocenters. The van der Waals surface area contributed by atoms with E-state index in [1.54, 1.807) is 0 Å². The van der Waals surface area contributed by atoms with Gasteiger partial charge in [-0.2, -0.15) is 0 Å². The van der Waals surface area contributed by atoms with Crippen LogP contribution in [0.5, 0.6) is 0 Å². The summed E-state index contributed by atoms with van der Waals surface area (Å²) >= 11 is 0. The lowest BCUT2D eigenvalue weighted by Gasteiger charge is -2.47. The number of hydrogen-bond acceptors (Lipinski definition) is 2. The monoisotopic (exact) mass is 266 g/mol. The van der Waals surface area contributed by atoms with Crippen LogP contribution in [0.1, 0.15) is 59.3 Å². The Bertz CT molecular complexity index is 283. The van der Waals surface area contributed by atoms with Crippen LogP contribution >= 0.6 is 0 Å². The second-order valence-electron chi connectivity index (χ2n) is 8.21. The third-order valence-corrected chi connectivity index (χ3v) is 5.28. The SMILES string of the molecule is CNCC1(CN2CCCC(C)(C)C2)CCCC(C)C1. The zero-order valence-electron chi connectivity index (χ0n) is 13.6. The zero-order chi connectivity index (χ0) is 13.9. The van der Waals surface area contributed by atoms with Gasteiger partial charge in [-0.1, -0.05) is 33.6 Å². The predicted octanol–water partition coefficient (Wildman–Crippen LogP) is 3.52. The van der Waals surface area contributed by atoms with Crippen LogP contribution in [0.3, 0.4) is 0 Å². The maximum Gasteiger partial charge on any atom is 0.00505 e. The van der Waals surface area contributed by atoms with E-state index in [-0.39, 0.29) is 0 Å². The molecule has 112 valence electrons. The first-order valence-electron chi connectivity index (χ1n) is 8.32. The van der Waals surface area contributed by atoms with Gasteiger partial charge in [0.2, 0.25) is 0 Å². The molecule has 2 heteroatoms. The van der Waals surface area contributed by atoms with Gasteiger partial charge in [0, 0.05) is 19.6 Å². The van der Waals surface area contributed by atoms with E-state index in [4.69, 9.17) is 0 Å². The molecule has 1 heterocycles. The van der Waals surface area contributed by atoms with Crippen LogP contribution < -0.4 is 5.32 Å². The molecule has 0 bridgehead atoms. The highest BCUT2D eigenvalue weighted by atomic mass is 15.1. The highest BCUT2D eigenvalue weighted by Gasteiger charge is 2.37. The third kappa shape index (κ3) is 4.19. The topological polar surface area (TPSA) is 15.3 Å².